The van der Waals surface area contributed by atoms with Crippen molar-refractivity contribution in [3.05, 3.63) is 0 Å². The maximum absolute atomic E-state index is 8.79. The average Bonchev–Trinajstić information content (AvgIpc) is 2.29. The molecule has 0 radical (unpaired) electrons. The third-order valence-corrected chi connectivity index (χ3v) is 2.62. The molecule has 2 nitrogen and oxygen atoms in total. The van der Waals surface area contributed by atoms with E-state index in [-0.39, 0.29) is 11.5 Å². The zero-order valence-corrected chi connectivity index (χ0v) is 8.46. The van der Waals surface area contributed by atoms with E-state index in [0.29, 0.717) is 6.04 Å². The summed E-state index contributed by atoms with van der Waals surface area (Å²) in [4.78, 5) is 2.42. The molecule has 0 aliphatic carbocycles. The summed E-state index contributed by atoms with van der Waals surface area (Å²) in [6.45, 7) is 9.79. The van der Waals surface area contributed by atoms with E-state index in [1.807, 2.05) is 0 Å². The van der Waals surface area contributed by atoms with Crippen molar-refractivity contribution >= 4 is 0 Å². The van der Waals surface area contributed by atoms with Crippen molar-refractivity contribution in [1.82, 2.24) is 4.90 Å². The Labute approximate surface area is 75.2 Å². The highest BCUT2D eigenvalue weighted by Gasteiger charge is 2.35. The van der Waals surface area contributed by atoms with Gasteiger partial charge in [-0.2, -0.15) is 5.26 Å². The lowest BCUT2D eigenvalue weighted by molar-refractivity contribution is 0.129. The van der Waals surface area contributed by atoms with E-state index < -0.39 is 0 Å². The summed E-state index contributed by atoms with van der Waals surface area (Å²) < 4.78 is 0. The lowest BCUT2D eigenvalue weighted by Gasteiger charge is -2.35. The molecular formula is C10H18N2. The average molecular weight is 166 g/mol. The van der Waals surface area contributed by atoms with Crippen molar-refractivity contribution in [3.8, 4) is 6.07 Å². The van der Waals surface area contributed by atoms with E-state index in [0.717, 1.165) is 13.0 Å². The lowest BCUT2D eigenvalue weighted by Crippen LogP contribution is -2.43. The van der Waals surface area contributed by atoms with Crippen LogP contribution in [0.4, 0.5) is 0 Å². The molecule has 0 N–H and O–H groups in total. The molecule has 68 valence electrons. The van der Waals surface area contributed by atoms with Gasteiger partial charge in [-0.15, -0.1) is 0 Å². The van der Waals surface area contributed by atoms with Crippen LogP contribution in [0.3, 0.4) is 0 Å². The minimum atomic E-state index is 0.213. The molecule has 0 spiro atoms. The van der Waals surface area contributed by atoms with E-state index in [1.54, 1.807) is 0 Å². The highest BCUT2D eigenvalue weighted by atomic mass is 15.2. The first-order chi connectivity index (χ1) is 5.45. The smallest absolute Gasteiger partial charge is 0.0669 e. The zero-order chi connectivity index (χ0) is 9.35. The summed E-state index contributed by atoms with van der Waals surface area (Å²) in [5.41, 5.74) is 0.213. The summed E-state index contributed by atoms with van der Waals surface area (Å²) >= 11 is 0. The van der Waals surface area contributed by atoms with Gasteiger partial charge in [-0.1, -0.05) is 0 Å². The highest BCUT2D eigenvalue weighted by molar-refractivity contribution is 4.98. The number of rotatable bonds is 0. The van der Waals surface area contributed by atoms with Crippen LogP contribution in [0.15, 0.2) is 0 Å². The first kappa shape index (κ1) is 9.54. The van der Waals surface area contributed by atoms with Crippen LogP contribution in [-0.4, -0.2) is 23.0 Å². The van der Waals surface area contributed by atoms with Gasteiger partial charge in [0.15, 0.2) is 0 Å². The molecule has 1 fully saturated rings. The maximum Gasteiger partial charge on any atom is 0.0669 e. The SMILES string of the molecule is CC1CC(C#N)CN1C(C)(C)C. The molecule has 0 aromatic rings. The predicted octanol–water partition coefficient (Wildman–Crippen LogP) is 2.02. The highest BCUT2D eigenvalue weighted by Crippen LogP contribution is 2.29. The Bertz CT molecular complexity index is 197. The lowest BCUT2D eigenvalue weighted by atomic mass is 10.1. The van der Waals surface area contributed by atoms with E-state index >= 15 is 0 Å². The Morgan fingerprint density at radius 3 is 2.25 bits per heavy atom. The second kappa shape index (κ2) is 3.06. The van der Waals surface area contributed by atoms with Gasteiger partial charge in [0.1, 0.15) is 0 Å². The molecule has 12 heavy (non-hydrogen) atoms. The second-order valence-corrected chi connectivity index (χ2v) is 4.73. The zero-order valence-electron chi connectivity index (χ0n) is 8.46. The normalized spacial score (nSPS) is 31.9. The minimum absolute atomic E-state index is 0.213. The minimum Gasteiger partial charge on any atom is -0.294 e. The van der Waals surface area contributed by atoms with Gasteiger partial charge in [0, 0.05) is 18.1 Å². The van der Waals surface area contributed by atoms with Crippen LogP contribution in [0.1, 0.15) is 34.1 Å². The van der Waals surface area contributed by atoms with Crippen LogP contribution in [-0.2, 0) is 0 Å². The Morgan fingerprint density at radius 1 is 1.42 bits per heavy atom. The molecule has 1 aliphatic heterocycles. The fourth-order valence-corrected chi connectivity index (χ4v) is 2.06. The fourth-order valence-electron chi connectivity index (χ4n) is 2.06. The summed E-state index contributed by atoms with van der Waals surface area (Å²) in [6.07, 6.45) is 1.04. The molecular weight excluding hydrogens is 148 g/mol. The number of nitriles is 1. The van der Waals surface area contributed by atoms with Crippen LogP contribution in [0.2, 0.25) is 0 Å². The van der Waals surface area contributed by atoms with Gasteiger partial charge in [-0.3, -0.25) is 4.90 Å². The molecule has 2 unspecified atom stereocenters. The van der Waals surface area contributed by atoms with Crippen LogP contribution in [0, 0.1) is 17.2 Å². The molecule has 0 amide bonds. The molecule has 0 bridgehead atoms. The monoisotopic (exact) mass is 166 g/mol. The summed E-state index contributed by atoms with van der Waals surface area (Å²) in [5.74, 6) is 0.249. The number of hydrogen-bond acceptors (Lipinski definition) is 2. The van der Waals surface area contributed by atoms with Crippen LogP contribution in [0.25, 0.3) is 0 Å². The van der Waals surface area contributed by atoms with Crippen molar-refractivity contribution in [1.29, 1.82) is 5.26 Å². The Hall–Kier alpha value is -0.550. The standard InChI is InChI=1S/C10H18N2/c1-8-5-9(6-11)7-12(8)10(2,3)4/h8-9H,5,7H2,1-4H3. The van der Waals surface area contributed by atoms with Gasteiger partial charge in [-0.25, -0.2) is 0 Å². The number of nitrogens with zero attached hydrogens (tertiary/aromatic N) is 2. The molecule has 0 saturated carbocycles. The van der Waals surface area contributed by atoms with Gasteiger partial charge in [0.05, 0.1) is 12.0 Å². The van der Waals surface area contributed by atoms with Crippen LogP contribution < -0.4 is 0 Å². The summed E-state index contributed by atoms with van der Waals surface area (Å²) in [6, 6.07) is 2.92. The molecule has 2 atom stereocenters. The van der Waals surface area contributed by atoms with Gasteiger partial charge < -0.3 is 0 Å². The summed E-state index contributed by atoms with van der Waals surface area (Å²) in [7, 11) is 0. The van der Waals surface area contributed by atoms with E-state index in [2.05, 4.69) is 38.7 Å². The maximum atomic E-state index is 8.79. The van der Waals surface area contributed by atoms with Crippen LogP contribution in [0.5, 0.6) is 0 Å². The largest absolute Gasteiger partial charge is 0.294 e. The Morgan fingerprint density at radius 2 is 2.00 bits per heavy atom. The van der Waals surface area contributed by atoms with Crippen molar-refractivity contribution in [3.63, 3.8) is 0 Å². The quantitative estimate of drug-likeness (QED) is 0.550. The van der Waals surface area contributed by atoms with E-state index in [4.69, 9.17) is 5.26 Å². The fraction of sp³-hybridized carbons (Fsp3) is 0.900. The second-order valence-electron chi connectivity index (χ2n) is 4.73. The summed E-state index contributed by atoms with van der Waals surface area (Å²) in [5, 5.41) is 8.79. The van der Waals surface area contributed by atoms with Crippen LogP contribution >= 0.6 is 0 Å². The molecule has 0 aromatic carbocycles. The number of likely N-dealkylation sites (tertiary alicyclic amines) is 1. The predicted molar refractivity (Wildman–Crippen MR) is 49.6 cm³/mol. The first-order valence-electron chi connectivity index (χ1n) is 4.61. The molecule has 0 aromatic heterocycles. The van der Waals surface area contributed by atoms with E-state index in [9.17, 15) is 0 Å². The van der Waals surface area contributed by atoms with E-state index in [1.165, 1.54) is 0 Å². The molecule has 1 rings (SSSR count). The topological polar surface area (TPSA) is 27.0 Å². The van der Waals surface area contributed by atoms with Gasteiger partial charge in [-0.05, 0) is 34.1 Å². The van der Waals surface area contributed by atoms with Crippen molar-refractivity contribution in [2.75, 3.05) is 6.54 Å². The Kier molecular flexibility index (Phi) is 2.44. The number of hydrogen-bond donors (Lipinski definition) is 0. The molecule has 1 saturated heterocycles. The Balaban J connectivity index is 2.65. The third kappa shape index (κ3) is 1.78. The first-order valence-corrected chi connectivity index (χ1v) is 4.61. The van der Waals surface area contributed by atoms with Crippen molar-refractivity contribution < 1.29 is 0 Å². The van der Waals surface area contributed by atoms with Crippen molar-refractivity contribution in [2.24, 2.45) is 5.92 Å². The molecule has 1 aliphatic rings. The van der Waals surface area contributed by atoms with Gasteiger partial charge in [0.25, 0.3) is 0 Å². The third-order valence-electron chi connectivity index (χ3n) is 2.62. The van der Waals surface area contributed by atoms with Gasteiger partial charge >= 0.3 is 0 Å². The van der Waals surface area contributed by atoms with Gasteiger partial charge in [0.2, 0.25) is 0 Å². The molecule has 2 heteroatoms. The molecule has 1 heterocycles. The van der Waals surface area contributed by atoms with Crippen molar-refractivity contribution in [2.45, 2.75) is 45.7 Å².